The van der Waals surface area contributed by atoms with Crippen LogP contribution in [0.4, 0.5) is 0 Å². The van der Waals surface area contributed by atoms with Crippen LogP contribution >= 0.6 is 11.8 Å². The summed E-state index contributed by atoms with van der Waals surface area (Å²) in [7, 11) is 0. The van der Waals surface area contributed by atoms with Gasteiger partial charge in [0, 0.05) is 22.6 Å². The van der Waals surface area contributed by atoms with Gasteiger partial charge in [-0.1, -0.05) is 18.2 Å². The van der Waals surface area contributed by atoms with Crippen molar-refractivity contribution in [2.45, 2.75) is 11.3 Å². The molecule has 0 saturated carbocycles. The Morgan fingerprint density at radius 1 is 1.27 bits per heavy atom. The number of fused-ring (bicyclic) bond motifs is 1. The van der Waals surface area contributed by atoms with E-state index in [1.165, 1.54) is 4.90 Å². The van der Waals surface area contributed by atoms with E-state index in [0.717, 1.165) is 23.4 Å². The van der Waals surface area contributed by atoms with Crippen LogP contribution in [0.25, 0.3) is 0 Å². The summed E-state index contributed by atoms with van der Waals surface area (Å²) in [5.74, 6) is 1.02. The van der Waals surface area contributed by atoms with E-state index in [4.69, 9.17) is 11.5 Å². The van der Waals surface area contributed by atoms with Gasteiger partial charge >= 0.3 is 0 Å². The molecule has 78 valence electrons. The maximum atomic E-state index is 5.25. The summed E-state index contributed by atoms with van der Waals surface area (Å²) in [6, 6.07) is 8.15. The second-order valence-electron chi connectivity index (χ2n) is 3.17. The van der Waals surface area contributed by atoms with Crippen molar-refractivity contribution in [1.29, 1.82) is 0 Å². The van der Waals surface area contributed by atoms with Gasteiger partial charge in [0.15, 0.2) is 0 Å². The van der Waals surface area contributed by atoms with Crippen molar-refractivity contribution >= 4 is 23.4 Å². The first-order valence-electron chi connectivity index (χ1n) is 4.65. The molecule has 0 saturated heterocycles. The molecule has 1 aliphatic rings. The summed E-state index contributed by atoms with van der Waals surface area (Å²) in [5, 5.41) is 7.76. The van der Waals surface area contributed by atoms with Gasteiger partial charge in [0.1, 0.15) is 0 Å². The maximum Gasteiger partial charge on any atom is 0.211 e. The molecule has 2 rings (SSSR count). The quantitative estimate of drug-likeness (QED) is 0.423. The van der Waals surface area contributed by atoms with E-state index in [1.807, 2.05) is 30.0 Å². The Balaban J connectivity index is 2.38. The van der Waals surface area contributed by atoms with Gasteiger partial charge < -0.3 is 11.5 Å². The molecule has 5 heteroatoms. The van der Waals surface area contributed by atoms with Gasteiger partial charge in [0.25, 0.3) is 0 Å². The van der Waals surface area contributed by atoms with Crippen LogP contribution in [0.1, 0.15) is 12.0 Å². The average molecular weight is 220 g/mol. The molecule has 0 aliphatic carbocycles. The Morgan fingerprint density at radius 2 is 2.07 bits per heavy atom. The zero-order chi connectivity index (χ0) is 10.7. The summed E-state index contributed by atoms with van der Waals surface area (Å²) in [6.07, 6.45) is 0.901. The van der Waals surface area contributed by atoms with Crippen molar-refractivity contribution in [3.8, 4) is 0 Å². The highest BCUT2D eigenvalue weighted by molar-refractivity contribution is 7.99. The first kappa shape index (κ1) is 10.0. The van der Waals surface area contributed by atoms with E-state index in [-0.39, 0.29) is 5.96 Å². The minimum absolute atomic E-state index is 0.00166. The van der Waals surface area contributed by atoms with Crippen molar-refractivity contribution in [2.75, 3.05) is 5.75 Å². The lowest BCUT2D eigenvalue weighted by molar-refractivity contribution is 1.13. The number of hydrogen-bond acceptors (Lipinski definition) is 3. The lowest BCUT2D eigenvalue weighted by atomic mass is 10.1. The minimum atomic E-state index is -0.00166. The lowest BCUT2D eigenvalue weighted by Crippen LogP contribution is -2.22. The zero-order valence-electron chi connectivity index (χ0n) is 8.18. The van der Waals surface area contributed by atoms with E-state index in [2.05, 4.69) is 16.3 Å². The Bertz CT molecular complexity index is 421. The summed E-state index contributed by atoms with van der Waals surface area (Å²) in [4.78, 5) is 1.24. The van der Waals surface area contributed by atoms with Crippen LogP contribution in [0.5, 0.6) is 0 Å². The molecule has 1 aromatic carbocycles. The van der Waals surface area contributed by atoms with Gasteiger partial charge in [-0.2, -0.15) is 5.10 Å². The SMILES string of the molecule is NC(N)=NN=C1CCSc2ccccc21. The standard InChI is InChI=1S/C10H12N4S/c11-10(12)14-13-8-5-6-15-9-4-2-1-3-7(8)9/h1-4H,5-6H2,(H4,11,12,14). The lowest BCUT2D eigenvalue weighted by Gasteiger charge is -2.15. The monoisotopic (exact) mass is 220 g/mol. The smallest absolute Gasteiger partial charge is 0.211 e. The van der Waals surface area contributed by atoms with Crippen molar-refractivity contribution < 1.29 is 0 Å². The molecule has 1 heterocycles. The first-order valence-corrected chi connectivity index (χ1v) is 5.63. The fourth-order valence-electron chi connectivity index (χ4n) is 1.45. The molecule has 0 radical (unpaired) electrons. The molecule has 4 nitrogen and oxygen atoms in total. The second-order valence-corrected chi connectivity index (χ2v) is 4.30. The minimum Gasteiger partial charge on any atom is -0.369 e. The Morgan fingerprint density at radius 3 is 2.87 bits per heavy atom. The van der Waals surface area contributed by atoms with E-state index in [9.17, 15) is 0 Å². The number of hydrogen-bond donors (Lipinski definition) is 2. The Kier molecular flexibility index (Phi) is 2.91. The Hall–Kier alpha value is -1.49. The van der Waals surface area contributed by atoms with Crippen molar-refractivity contribution in [2.24, 2.45) is 21.7 Å². The molecule has 0 amide bonds. The summed E-state index contributed by atoms with van der Waals surface area (Å²) < 4.78 is 0. The molecule has 0 fully saturated rings. The molecule has 4 N–H and O–H groups in total. The predicted molar refractivity (Wildman–Crippen MR) is 64.1 cm³/mol. The summed E-state index contributed by atoms with van der Waals surface area (Å²) in [6.45, 7) is 0. The van der Waals surface area contributed by atoms with Crippen LogP contribution in [0.2, 0.25) is 0 Å². The molecule has 1 aromatic rings. The van der Waals surface area contributed by atoms with Crippen molar-refractivity contribution in [1.82, 2.24) is 0 Å². The topological polar surface area (TPSA) is 76.8 Å². The third-order valence-corrected chi connectivity index (χ3v) is 3.16. The average Bonchev–Trinajstić information content (AvgIpc) is 2.26. The Labute approximate surface area is 92.4 Å². The number of nitrogens with zero attached hydrogens (tertiary/aromatic N) is 2. The van der Waals surface area contributed by atoms with Crippen LogP contribution in [-0.4, -0.2) is 17.4 Å². The fourth-order valence-corrected chi connectivity index (χ4v) is 2.48. The van der Waals surface area contributed by atoms with E-state index in [1.54, 1.807) is 0 Å². The van der Waals surface area contributed by atoms with Gasteiger partial charge in [0.05, 0.1) is 5.71 Å². The molecule has 0 atom stereocenters. The molecule has 0 spiro atoms. The molecule has 0 unspecified atom stereocenters. The van der Waals surface area contributed by atoms with Crippen LogP contribution in [0.15, 0.2) is 39.4 Å². The molecule has 0 bridgehead atoms. The summed E-state index contributed by atoms with van der Waals surface area (Å²) in [5.41, 5.74) is 12.6. The third-order valence-electron chi connectivity index (χ3n) is 2.08. The number of benzene rings is 1. The zero-order valence-corrected chi connectivity index (χ0v) is 9.00. The molecular weight excluding hydrogens is 208 g/mol. The largest absolute Gasteiger partial charge is 0.369 e. The van der Waals surface area contributed by atoms with Gasteiger partial charge in [-0.05, 0) is 6.07 Å². The van der Waals surface area contributed by atoms with Gasteiger partial charge in [0.2, 0.25) is 5.96 Å². The number of guanidine groups is 1. The number of rotatable bonds is 1. The second kappa shape index (κ2) is 4.35. The highest BCUT2D eigenvalue weighted by Crippen LogP contribution is 2.29. The normalized spacial score (nSPS) is 17.2. The highest BCUT2D eigenvalue weighted by atomic mass is 32.2. The van der Waals surface area contributed by atoms with Crippen molar-refractivity contribution in [3.63, 3.8) is 0 Å². The molecule has 0 aromatic heterocycles. The predicted octanol–water partition coefficient (Wildman–Crippen LogP) is 1.16. The summed E-state index contributed by atoms with van der Waals surface area (Å²) >= 11 is 1.83. The van der Waals surface area contributed by atoms with Crippen LogP contribution in [-0.2, 0) is 0 Å². The van der Waals surface area contributed by atoms with Crippen LogP contribution in [0, 0.1) is 0 Å². The molecular formula is C10H12N4S. The third kappa shape index (κ3) is 2.30. The van der Waals surface area contributed by atoms with E-state index < -0.39 is 0 Å². The van der Waals surface area contributed by atoms with Gasteiger partial charge in [-0.15, -0.1) is 16.9 Å². The van der Waals surface area contributed by atoms with Gasteiger partial charge in [-0.3, -0.25) is 0 Å². The maximum absolute atomic E-state index is 5.25. The molecule has 1 aliphatic heterocycles. The van der Waals surface area contributed by atoms with Crippen molar-refractivity contribution in [3.05, 3.63) is 29.8 Å². The van der Waals surface area contributed by atoms with Gasteiger partial charge in [-0.25, -0.2) is 0 Å². The van der Waals surface area contributed by atoms with E-state index in [0.29, 0.717) is 0 Å². The highest BCUT2D eigenvalue weighted by Gasteiger charge is 2.14. The van der Waals surface area contributed by atoms with Crippen LogP contribution < -0.4 is 11.5 Å². The number of nitrogens with two attached hydrogens (primary N) is 2. The molecule has 15 heavy (non-hydrogen) atoms. The number of thioether (sulfide) groups is 1. The fraction of sp³-hybridized carbons (Fsp3) is 0.200. The van der Waals surface area contributed by atoms with E-state index >= 15 is 0 Å². The first-order chi connectivity index (χ1) is 7.27. The van der Waals surface area contributed by atoms with Crippen LogP contribution in [0.3, 0.4) is 0 Å².